The number of benzene rings is 3. The molecule has 3 aromatic carbocycles. The second-order valence-corrected chi connectivity index (χ2v) is 8.77. The van der Waals surface area contributed by atoms with E-state index in [0.717, 1.165) is 15.9 Å². The second kappa shape index (κ2) is 7.55. The molecule has 0 aromatic heterocycles. The predicted molar refractivity (Wildman–Crippen MR) is 104 cm³/mol. The zero-order valence-electron chi connectivity index (χ0n) is 13.5. The van der Waals surface area contributed by atoms with E-state index < -0.39 is 7.41 Å². The molecule has 0 radical (unpaired) electrons. The molecule has 0 atom stereocenters. The van der Waals surface area contributed by atoms with Gasteiger partial charge in [-0.2, -0.15) is 0 Å². The Bertz CT molecular complexity index is 678. The van der Waals surface area contributed by atoms with Crippen LogP contribution in [0, 0.1) is 0 Å². The summed E-state index contributed by atoms with van der Waals surface area (Å²) in [5, 5.41) is 14.5. The molecule has 0 aliphatic heterocycles. The van der Waals surface area contributed by atoms with Gasteiger partial charge in [-0.15, -0.1) is 6.58 Å². The average molecular weight is 334 g/mol. The van der Waals surface area contributed by atoms with Crippen molar-refractivity contribution in [1.29, 1.82) is 0 Å². The van der Waals surface area contributed by atoms with Crippen LogP contribution in [0.2, 0.25) is 0 Å². The Balaban J connectivity index is 2.35. The summed E-state index contributed by atoms with van der Waals surface area (Å²) in [5.74, 6) is 0. The lowest BCUT2D eigenvalue weighted by Crippen LogP contribution is -2.42. The zero-order valence-corrected chi connectivity index (χ0v) is 14.4. The molecule has 0 saturated carbocycles. The normalized spacial score (nSPS) is 11.4. The highest BCUT2D eigenvalue weighted by molar-refractivity contribution is 7.93. The quantitative estimate of drug-likeness (QED) is 0.421. The van der Waals surface area contributed by atoms with Crippen LogP contribution < -0.4 is 15.9 Å². The molecule has 0 saturated heterocycles. The van der Waals surface area contributed by atoms with E-state index in [-0.39, 0.29) is 0 Å². The van der Waals surface area contributed by atoms with Gasteiger partial charge in [0.2, 0.25) is 7.41 Å². The highest BCUT2D eigenvalue weighted by atomic mass is 31.2. The maximum Gasteiger partial charge on any atom is 0.209 e. The minimum Gasteiger partial charge on any atom is -0.281 e. The lowest BCUT2D eigenvalue weighted by Gasteiger charge is -2.31. The summed E-state index contributed by atoms with van der Waals surface area (Å²) >= 11 is 0. The maximum atomic E-state index is 11.1. The lowest BCUT2D eigenvalue weighted by molar-refractivity contribution is 0.0203. The molecular formula is C21H21NOP+. The van der Waals surface area contributed by atoms with Gasteiger partial charge in [0.1, 0.15) is 15.9 Å². The molecule has 120 valence electrons. The largest absolute Gasteiger partial charge is 0.281 e. The third-order valence-electron chi connectivity index (χ3n) is 4.03. The van der Waals surface area contributed by atoms with Gasteiger partial charge in [-0.05, 0) is 41.2 Å². The van der Waals surface area contributed by atoms with Gasteiger partial charge in [0.05, 0.1) is 6.54 Å². The monoisotopic (exact) mass is 334 g/mol. The molecular weight excluding hydrogens is 313 g/mol. The van der Waals surface area contributed by atoms with Gasteiger partial charge < -0.3 is 0 Å². The van der Waals surface area contributed by atoms with Crippen molar-refractivity contribution in [3.63, 3.8) is 0 Å². The van der Waals surface area contributed by atoms with Crippen LogP contribution in [0.1, 0.15) is 0 Å². The number of hydrogen-bond donors (Lipinski definition) is 1. The Morgan fingerprint density at radius 1 is 0.708 bits per heavy atom. The summed E-state index contributed by atoms with van der Waals surface area (Å²) in [6.07, 6.45) is 1.74. The minimum atomic E-state index is -2.34. The summed E-state index contributed by atoms with van der Waals surface area (Å²) in [6.45, 7) is 4.21. The molecule has 0 bridgehead atoms. The van der Waals surface area contributed by atoms with Crippen molar-refractivity contribution in [1.82, 2.24) is 4.83 Å². The van der Waals surface area contributed by atoms with E-state index in [4.69, 9.17) is 0 Å². The molecule has 3 heteroatoms. The molecule has 0 amide bonds. The molecule has 0 aliphatic rings. The molecule has 24 heavy (non-hydrogen) atoms. The first-order valence-corrected chi connectivity index (χ1v) is 9.68. The van der Waals surface area contributed by atoms with Crippen molar-refractivity contribution in [2.24, 2.45) is 0 Å². The van der Waals surface area contributed by atoms with E-state index in [1.807, 2.05) is 54.6 Å². The third kappa shape index (κ3) is 2.92. The standard InChI is InChI=1S/C21H21NOP/c1-2-18-22(23)24(19-12-6-3-7-13-19,20-14-8-4-9-15-20)21-16-10-5-11-17-21/h2-17,23H,1,18H2/q+1. The van der Waals surface area contributed by atoms with Crippen molar-refractivity contribution >= 4 is 23.3 Å². The van der Waals surface area contributed by atoms with Gasteiger partial charge in [0, 0.05) is 0 Å². The second-order valence-electron chi connectivity index (χ2n) is 5.49. The smallest absolute Gasteiger partial charge is 0.209 e. The van der Waals surface area contributed by atoms with Crippen molar-refractivity contribution in [2.75, 3.05) is 6.54 Å². The summed E-state index contributed by atoms with van der Waals surface area (Å²) in [6, 6.07) is 30.7. The topological polar surface area (TPSA) is 23.5 Å². The molecule has 0 fully saturated rings. The van der Waals surface area contributed by atoms with Crippen LogP contribution in [0.4, 0.5) is 0 Å². The Hall–Kier alpha value is -2.25. The molecule has 0 spiro atoms. The third-order valence-corrected chi connectivity index (χ3v) is 8.02. The lowest BCUT2D eigenvalue weighted by atomic mass is 10.4. The van der Waals surface area contributed by atoms with Crippen molar-refractivity contribution in [3.8, 4) is 0 Å². The summed E-state index contributed by atoms with van der Waals surface area (Å²) < 4.78 is 0. The molecule has 3 rings (SSSR count). The van der Waals surface area contributed by atoms with Crippen LogP contribution in [0.15, 0.2) is 104 Å². The molecule has 0 aliphatic carbocycles. The van der Waals surface area contributed by atoms with Crippen molar-refractivity contribution in [3.05, 3.63) is 104 Å². The van der Waals surface area contributed by atoms with Crippen LogP contribution >= 0.6 is 7.41 Å². The molecule has 3 aromatic rings. The Morgan fingerprint density at radius 3 is 1.33 bits per heavy atom. The van der Waals surface area contributed by atoms with E-state index in [2.05, 4.69) is 43.0 Å². The predicted octanol–water partition coefficient (Wildman–Crippen LogP) is 3.77. The van der Waals surface area contributed by atoms with Gasteiger partial charge in [0.15, 0.2) is 0 Å². The number of rotatable bonds is 6. The first-order valence-electron chi connectivity index (χ1n) is 7.94. The zero-order chi connectivity index (χ0) is 16.8. The maximum absolute atomic E-state index is 11.1. The van der Waals surface area contributed by atoms with Crippen LogP contribution in [0.25, 0.3) is 0 Å². The van der Waals surface area contributed by atoms with Crippen LogP contribution in [-0.2, 0) is 0 Å². The highest BCUT2D eigenvalue weighted by Crippen LogP contribution is 2.57. The van der Waals surface area contributed by atoms with Crippen molar-refractivity contribution < 1.29 is 5.21 Å². The Labute approximate surface area is 144 Å². The Kier molecular flexibility index (Phi) is 5.22. The van der Waals surface area contributed by atoms with Crippen LogP contribution in [-0.4, -0.2) is 16.6 Å². The number of hydroxylamine groups is 1. The van der Waals surface area contributed by atoms with E-state index >= 15 is 0 Å². The average Bonchev–Trinajstić information content (AvgIpc) is 2.65. The SMILES string of the molecule is C=CCN(O)[P+](c1ccccc1)(c1ccccc1)c1ccccc1. The van der Waals surface area contributed by atoms with Crippen LogP contribution in [0.5, 0.6) is 0 Å². The van der Waals surface area contributed by atoms with Gasteiger partial charge in [-0.3, -0.25) is 5.21 Å². The molecule has 1 N–H and O–H groups in total. The van der Waals surface area contributed by atoms with Gasteiger partial charge in [-0.1, -0.05) is 60.7 Å². The number of nitrogens with zero attached hydrogens (tertiary/aromatic N) is 1. The van der Waals surface area contributed by atoms with Gasteiger partial charge in [-0.25, -0.2) is 0 Å². The first kappa shape index (κ1) is 16.6. The van der Waals surface area contributed by atoms with Crippen molar-refractivity contribution in [2.45, 2.75) is 0 Å². The van der Waals surface area contributed by atoms with Gasteiger partial charge >= 0.3 is 0 Å². The van der Waals surface area contributed by atoms with E-state index in [9.17, 15) is 5.21 Å². The van der Waals surface area contributed by atoms with Gasteiger partial charge in [0.25, 0.3) is 0 Å². The van der Waals surface area contributed by atoms with E-state index in [1.165, 1.54) is 4.83 Å². The first-order chi connectivity index (χ1) is 11.8. The summed E-state index contributed by atoms with van der Waals surface area (Å²) in [4.78, 5) is 1.47. The highest BCUT2D eigenvalue weighted by Gasteiger charge is 2.51. The van der Waals surface area contributed by atoms with E-state index in [0.29, 0.717) is 6.54 Å². The fourth-order valence-corrected chi connectivity index (χ4v) is 6.88. The Morgan fingerprint density at radius 2 is 1.04 bits per heavy atom. The van der Waals surface area contributed by atoms with E-state index in [1.54, 1.807) is 6.08 Å². The minimum absolute atomic E-state index is 0.395. The fraction of sp³-hybridized carbons (Fsp3) is 0.0476. The van der Waals surface area contributed by atoms with Crippen LogP contribution in [0.3, 0.4) is 0 Å². The molecule has 2 nitrogen and oxygen atoms in total. The summed E-state index contributed by atoms with van der Waals surface area (Å²) in [7, 11) is -2.34. The number of hydrogen-bond acceptors (Lipinski definition) is 2. The summed E-state index contributed by atoms with van der Waals surface area (Å²) in [5.41, 5.74) is 0. The molecule has 0 unspecified atom stereocenters. The fourth-order valence-electron chi connectivity index (χ4n) is 3.02. The molecule has 0 heterocycles.